The number of carboxylic acids is 1. The van der Waals surface area contributed by atoms with E-state index >= 15 is 0 Å². The van der Waals surface area contributed by atoms with Gasteiger partial charge in [0.1, 0.15) is 0 Å². The smallest absolute Gasteiger partial charge is 0.306 e. The van der Waals surface area contributed by atoms with E-state index in [1.807, 2.05) is 0 Å². The molecule has 4 heteroatoms. The highest BCUT2D eigenvalue weighted by molar-refractivity contribution is 5.96. The van der Waals surface area contributed by atoms with Gasteiger partial charge in [0, 0.05) is 5.92 Å². The summed E-state index contributed by atoms with van der Waals surface area (Å²) in [5.74, 6) is -2.35. The molecule has 1 rings (SSSR count). The number of rotatable bonds is 3. The molecule has 1 aliphatic carbocycles. The van der Waals surface area contributed by atoms with E-state index in [-0.39, 0.29) is 18.1 Å². The Morgan fingerprint density at radius 1 is 1.25 bits per heavy atom. The Morgan fingerprint density at radius 2 is 1.81 bits per heavy atom. The van der Waals surface area contributed by atoms with E-state index in [9.17, 15) is 14.7 Å². The number of aliphatic carboxylic acids is 1. The lowest BCUT2D eigenvalue weighted by molar-refractivity contribution is -0.148. The average molecular weight is 226 g/mol. The van der Waals surface area contributed by atoms with Gasteiger partial charge < -0.3 is 10.2 Å². The standard InChI is InChI=1S/C12H18O4/c1-6(2)11(14)9-5-8(12(15)16)7(3)4-10(9)13/h7-10,13H,1,4-5H2,2-3H3,(H,15,16). The largest absolute Gasteiger partial charge is 0.481 e. The summed E-state index contributed by atoms with van der Waals surface area (Å²) in [4.78, 5) is 22.7. The third-order valence-corrected chi connectivity index (χ3v) is 3.35. The van der Waals surface area contributed by atoms with Gasteiger partial charge in [-0.25, -0.2) is 0 Å². The fourth-order valence-corrected chi connectivity index (χ4v) is 2.31. The van der Waals surface area contributed by atoms with Gasteiger partial charge in [-0.15, -0.1) is 0 Å². The van der Waals surface area contributed by atoms with Crippen LogP contribution in [0.15, 0.2) is 12.2 Å². The Hall–Kier alpha value is -1.16. The molecule has 0 saturated heterocycles. The summed E-state index contributed by atoms with van der Waals surface area (Å²) >= 11 is 0. The maximum absolute atomic E-state index is 11.7. The molecule has 0 bridgehead atoms. The second-order valence-corrected chi connectivity index (χ2v) is 4.71. The van der Waals surface area contributed by atoms with E-state index in [0.717, 1.165) is 0 Å². The van der Waals surface area contributed by atoms with Crippen LogP contribution < -0.4 is 0 Å². The SMILES string of the molecule is C=C(C)C(=O)C1CC(C(=O)O)C(C)CC1O. The summed E-state index contributed by atoms with van der Waals surface area (Å²) in [6.07, 6.45) is -0.167. The molecule has 4 atom stereocenters. The Labute approximate surface area is 95.0 Å². The topological polar surface area (TPSA) is 74.6 Å². The van der Waals surface area contributed by atoms with Crippen LogP contribution >= 0.6 is 0 Å². The molecular weight excluding hydrogens is 208 g/mol. The Balaban J connectivity index is 2.83. The lowest BCUT2D eigenvalue weighted by Crippen LogP contribution is -2.41. The van der Waals surface area contributed by atoms with E-state index in [2.05, 4.69) is 6.58 Å². The first-order valence-electron chi connectivity index (χ1n) is 5.45. The summed E-state index contributed by atoms with van der Waals surface area (Å²) in [6, 6.07) is 0. The molecule has 0 heterocycles. The molecule has 0 aromatic carbocycles. The lowest BCUT2D eigenvalue weighted by Gasteiger charge is -2.34. The van der Waals surface area contributed by atoms with Gasteiger partial charge in [-0.2, -0.15) is 0 Å². The van der Waals surface area contributed by atoms with Crippen LogP contribution in [-0.4, -0.2) is 28.1 Å². The van der Waals surface area contributed by atoms with Crippen molar-refractivity contribution in [2.45, 2.75) is 32.8 Å². The molecule has 1 saturated carbocycles. The first kappa shape index (κ1) is 12.9. The number of carboxylic acid groups (broad SMARTS) is 1. The molecule has 16 heavy (non-hydrogen) atoms. The molecule has 1 fully saturated rings. The predicted octanol–water partition coefficient (Wildman–Crippen LogP) is 1.24. The number of aliphatic hydroxyl groups is 1. The molecule has 90 valence electrons. The van der Waals surface area contributed by atoms with Crippen LogP contribution in [0.4, 0.5) is 0 Å². The number of carbonyl (C=O) groups excluding carboxylic acids is 1. The summed E-state index contributed by atoms with van der Waals surface area (Å²) in [5.41, 5.74) is 0.378. The highest BCUT2D eigenvalue weighted by Gasteiger charge is 2.40. The van der Waals surface area contributed by atoms with E-state index in [0.29, 0.717) is 12.0 Å². The van der Waals surface area contributed by atoms with Crippen molar-refractivity contribution in [3.8, 4) is 0 Å². The van der Waals surface area contributed by atoms with Gasteiger partial charge >= 0.3 is 5.97 Å². The molecule has 0 spiro atoms. The van der Waals surface area contributed by atoms with Crippen LogP contribution in [0.5, 0.6) is 0 Å². The summed E-state index contributed by atoms with van der Waals surface area (Å²) in [6.45, 7) is 6.93. The maximum atomic E-state index is 11.7. The minimum absolute atomic E-state index is 0.0957. The number of carbonyl (C=O) groups is 2. The molecule has 2 N–H and O–H groups in total. The fraction of sp³-hybridized carbons (Fsp3) is 0.667. The van der Waals surface area contributed by atoms with E-state index < -0.39 is 23.9 Å². The molecule has 4 unspecified atom stereocenters. The summed E-state index contributed by atoms with van der Waals surface area (Å²) in [5, 5.41) is 18.8. The van der Waals surface area contributed by atoms with Crippen molar-refractivity contribution in [3.63, 3.8) is 0 Å². The van der Waals surface area contributed by atoms with Gasteiger partial charge in [-0.05, 0) is 31.3 Å². The van der Waals surface area contributed by atoms with Gasteiger partial charge in [-0.1, -0.05) is 13.5 Å². The van der Waals surface area contributed by atoms with Crippen molar-refractivity contribution in [2.75, 3.05) is 0 Å². The number of hydrogen-bond acceptors (Lipinski definition) is 3. The van der Waals surface area contributed by atoms with E-state index in [1.54, 1.807) is 13.8 Å². The molecule has 0 aliphatic heterocycles. The second kappa shape index (κ2) is 4.78. The zero-order chi connectivity index (χ0) is 12.5. The van der Waals surface area contributed by atoms with Crippen molar-refractivity contribution in [2.24, 2.45) is 17.8 Å². The molecule has 4 nitrogen and oxygen atoms in total. The quantitative estimate of drug-likeness (QED) is 0.710. The number of aliphatic hydroxyl groups excluding tert-OH is 1. The zero-order valence-electron chi connectivity index (χ0n) is 9.64. The fourth-order valence-electron chi connectivity index (χ4n) is 2.31. The lowest BCUT2D eigenvalue weighted by atomic mass is 9.71. The summed E-state index contributed by atoms with van der Waals surface area (Å²) < 4.78 is 0. The van der Waals surface area contributed by atoms with Crippen LogP contribution in [0.3, 0.4) is 0 Å². The van der Waals surface area contributed by atoms with Crippen LogP contribution in [0, 0.1) is 17.8 Å². The second-order valence-electron chi connectivity index (χ2n) is 4.71. The minimum atomic E-state index is -0.890. The van der Waals surface area contributed by atoms with Crippen molar-refractivity contribution < 1.29 is 19.8 Å². The number of Topliss-reactive ketones (excluding diaryl/α,β-unsaturated/α-hetero) is 1. The maximum Gasteiger partial charge on any atom is 0.306 e. The minimum Gasteiger partial charge on any atom is -0.481 e. The van der Waals surface area contributed by atoms with Crippen molar-refractivity contribution in [3.05, 3.63) is 12.2 Å². The Morgan fingerprint density at radius 3 is 2.25 bits per heavy atom. The monoisotopic (exact) mass is 226 g/mol. The molecular formula is C12H18O4. The van der Waals surface area contributed by atoms with Crippen LogP contribution in [0.2, 0.25) is 0 Å². The van der Waals surface area contributed by atoms with Crippen molar-refractivity contribution in [1.29, 1.82) is 0 Å². The normalized spacial score (nSPS) is 34.4. The van der Waals surface area contributed by atoms with Gasteiger partial charge in [0.15, 0.2) is 5.78 Å². The highest BCUT2D eigenvalue weighted by Crippen LogP contribution is 2.35. The summed E-state index contributed by atoms with van der Waals surface area (Å²) in [7, 11) is 0. The first-order chi connectivity index (χ1) is 7.34. The third-order valence-electron chi connectivity index (χ3n) is 3.35. The number of hydrogen-bond donors (Lipinski definition) is 2. The Bertz CT molecular complexity index is 321. The van der Waals surface area contributed by atoms with Gasteiger partial charge in [-0.3, -0.25) is 9.59 Å². The van der Waals surface area contributed by atoms with Crippen LogP contribution in [-0.2, 0) is 9.59 Å². The van der Waals surface area contributed by atoms with E-state index in [1.165, 1.54) is 0 Å². The zero-order valence-corrected chi connectivity index (χ0v) is 9.64. The number of ketones is 1. The van der Waals surface area contributed by atoms with E-state index in [4.69, 9.17) is 5.11 Å². The highest BCUT2D eigenvalue weighted by atomic mass is 16.4. The molecule has 0 aromatic rings. The molecule has 0 aromatic heterocycles. The molecule has 0 radical (unpaired) electrons. The molecule has 1 aliphatic rings. The number of allylic oxidation sites excluding steroid dienone is 1. The van der Waals surface area contributed by atoms with Crippen LogP contribution in [0.1, 0.15) is 26.7 Å². The van der Waals surface area contributed by atoms with Crippen molar-refractivity contribution >= 4 is 11.8 Å². The predicted molar refractivity (Wildman–Crippen MR) is 58.8 cm³/mol. The van der Waals surface area contributed by atoms with Gasteiger partial charge in [0.2, 0.25) is 0 Å². The first-order valence-corrected chi connectivity index (χ1v) is 5.45. The van der Waals surface area contributed by atoms with Gasteiger partial charge in [0.05, 0.1) is 12.0 Å². The van der Waals surface area contributed by atoms with Gasteiger partial charge in [0.25, 0.3) is 0 Å². The average Bonchev–Trinajstić information content (AvgIpc) is 2.16. The van der Waals surface area contributed by atoms with Crippen LogP contribution in [0.25, 0.3) is 0 Å². The van der Waals surface area contributed by atoms with Crippen molar-refractivity contribution in [1.82, 2.24) is 0 Å². The molecule has 0 amide bonds. The third kappa shape index (κ3) is 2.50. The Kier molecular flexibility index (Phi) is 3.86.